The zero-order chi connectivity index (χ0) is 35.9. The Balaban J connectivity index is 0.00000209. The SMILES string of the molecule is C=C(C)[C@@H]1CC[C@]2(COC(=O)c3ccccc3)CC[C@]3(C)[C@H](CCC4[C@@]5(C)CC=C(c6ccc(C(=O)OC)cc6F)C(C)(C)C5CC[C@]43C)C12.[HH].[HH].[HH]. The van der Waals surface area contributed by atoms with Crippen LogP contribution in [0.4, 0.5) is 4.39 Å². The molecule has 5 aliphatic rings. The van der Waals surface area contributed by atoms with Crippen LogP contribution in [-0.4, -0.2) is 25.7 Å². The van der Waals surface area contributed by atoms with Gasteiger partial charge in [0.1, 0.15) is 5.82 Å². The Morgan fingerprint density at radius 1 is 0.860 bits per heavy atom. The van der Waals surface area contributed by atoms with E-state index < -0.39 is 5.97 Å². The molecule has 4 nitrogen and oxygen atoms in total. The summed E-state index contributed by atoms with van der Waals surface area (Å²) in [6.45, 7) is 19.7. The number of hydrogen-bond acceptors (Lipinski definition) is 4. The summed E-state index contributed by atoms with van der Waals surface area (Å²) in [6.07, 6.45) is 12.5. The summed E-state index contributed by atoms with van der Waals surface area (Å²) in [5, 5.41) is 0. The molecule has 0 saturated heterocycles. The molecule has 0 bridgehead atoms. The molecule has 0 N–H and O–H groups in total. The van der Waals surface area contributed by atoms with Crippen LogP contribution in [0.5, 0.6) is 0 Å². The lowest BCUT2D eigenvalue weighted by Crippen LogP contribution is -2.65. The standard InChI is InChI=1S/C45H57FO4.3H2/c1-28(2)31-18-23-45(27-50-40(48)29-12-10-9-11-13-29)25-24-43(6)34(38(31)45)16-17-37-42(5)21-19-33(41(3,4)36(42)20-22-44(37,43)7)32-15-14-30(26-35(32)46)39(47)49-8;;;/h9-15,19,26,31,34,36-38H,1,16-18,20-25,27H2,2-8H3;3*1H/t31-,34+,36?,37?,38?,42-,43+,44+,45+;;;/m0.../s1. The minimum Gasteiger partial charge on any atom is -0.465 e. The van der Waals surface area contributed by atoms with Crippen molar-refractivity contribution in [1.82, 2.24) is 0 Å². The summed E-state index contributed by atoms with van der Waals surface area (Å²) in [7, 11) is 1.33. The number of fused-ring (bicyclic) bond motifs is 7. The molecule has 50 heavy (non-hydrogen) atoms. The molecule has 0 heterocycles. The lowest BCUT2D eigenvalue weighted by Gasteiger charge is -2.72. The van der Waals surface area contributed by atoms with Crippen LogP contribution >= 0.6 is 0 Å². The summed E-state index contributed by atoms with van der Waals surface area (Å²) in [6, 6.07) is 14.2. The number of carbonyl (C=O) groups excluding carboxylic acids is 2. The molecule has 4 saturated carbocycles. The number of ether oxygens (including phenoxy) is 2. The van der Waals surface area contributed by atoms with Crippen molar-refractivity contribution in [1.29, 1.82) is 0 Å². The molecule has 0 aliphatic heterocycles. The highest BCUT2D eigenvalue weighted by molar-refractivity contribution is 5.90. The van der Waals surface area contributed by atoms with Crippen molar-refractivity contribution in [2.24, 2.45) is 56.7 Å². The van der Waals surface area contributed by atoms with Crippen molar-refractivity contribution in [3.05, 3.63) is 89.3 Å². The zero-order valence-corrected chi connectivity index (χ0v) is 31.4. The van der Waals surface area contributed by atoms with Crippen molar-refractivity contribution in [3.63, 3.8) is 0 Å². The van der Waals surface area contributed by atoms with E-state index in [1.165, 1.54) is 38.0 Å². The van der Waals surface area contributed by atoms with Gasteiger partial charge in [-0.15, -0.1) is 0 Å². The van der Waals surface area contributed by atoms with Crippen molar-refractivity contribution < 1.29 is 27.7 Å². The maximum atomic E-state index is 15.7. The van der Waals surface area contributed by atoms with E-state index in [0.717, 1.165) is 44.1 Å². The van der Waals surface area contributed by atoms with Crippen LogP contribution in [0.2, 0.25) is 0 Å². The molecule has 0 spiro atoms. The average molecular weight is 687 g/mol. The van der Waals surface area contributed by atoms with E-state index in [2.05, 4.69) is 54.2 Å². The van der Waals surface area contributed by atoms with Crippen molar-refractivity contribution in [2.45, 2.75) is 99.3 Å². The summed E-state index contributed by atoms with van der Waals surface area (Å²) in [4.78, 5) is 25.3. The maximum absolute atomic E-state index is 15.7. The Labute approximate surface area is 303 Å². The summed E-state index contributed by atoms with van der Waals surface area (Å²) in [5.41, 5.74) is 4.06. The second-order valence-corrected chi connectivity index (χ2v) is 18.2. The van der Waals surface area contributed by atoms with Crippen LogP contribution < -0.4 is 0 Å². The molecule has 5 heteroatoms. The molecule has 0 aromatic heterocycles. The highest BCUT2D eigenvalue weighted by Gasteiger charge is 2.70. The molecule has 9 atom stereocenters. The van der Waals surface area contributed by atoms with Crippen LogP contribution in [0.15, 0.2) is 66.8 Å². The quantitative estimate of drug-likeness (QED) is 0.224. The fourth-order valence-corrected chi connectivity index (χ4v) is 13.4. The Morgan fingerprint density at radius 3 is 2.28 bits per heavy atom. The fourth-order valence-electron chi connectivity index (χ4n) is 13.4. The predicted molar refractivity (Wildman–Crippen MR) is 203 cm³/mol. The van der Waals surface area contributed by atoms with Gasteiger partial charge in [0.25, 0.3) is 0 Å². The molecule has 5 aliphatic carbocycles. The number of halogens is 1. The molecular formula is C45H63FO4. The smallest absolute Gasteiger partial charge is 0.338 e. The molecule has 274 valence electrons. The topological polar surface area (TPSA) is 52.6 Å². The first-order chi connectivity index (χ1) is 23.6. The minimum absolute atomic E-state index is 0. The third-order valence-corrected chi connectivity index (χ3v) is 16.0. The monoisotopic (exact) mass is 686 g/mol. The number of hydrogen-bond donors (Lipinski definition) is 0. The maximum Gasteiger partial charge on any atom is 0.338 e. The molecule has 3 unspecified atom stereocenters. The van der Waals surface area contributed by atoms with Gasteiger partial charge in [-0.1, -0.05) is 77.1 Å². The number of rotatable bonds is 6. The Hall–Kier alpha value is -3.21. The molecule has 2 aromatic carbocycles. The first-order valence-corrected chi connectivity index (χ1v) is 19.1. The molecule has 4 fully saturated rings. The van der Waals surface area contributed by atoms with Crippen molar-refractivity contribution in [2.75, 3.05) is 13.7 Å². The summed E-state index contributed by atoms with van der Waals surface area (Å²) < 4.78 is 26.7. The third-order valence-electron chi connectivity index (χ3n) is 16.0. The molecule has 7 rings (SSSR count). The number of benzene rings is 2. The highest BCUT2D eigenvalue weighted by atomic mass is 19.1. The summed E-state index contributed by atoms with van der Waals surface area (Å²) in [5.74, 6) is 1.39. The highest BCUT2D eigenvalue weighted by Crippen LogP contribution is 2.77. The first kappa shape index (κ1) is 35.2. The van der Waals surface area contributed by atoms with Crippen LogP contribution in [0.25, 0.3) is 5.57 Å². The van der Waals surface area contributed by atoms with E-state index in [4.69, 9.17) is 9.47 Å². The van der Waals surface area contributed by atoms with Gasteiger partial charge in [0.15, 0.2) is 0 Å². The van der Waals surface area contributed by atoms with Gasteiger partial charge in [-0.2, -0.15) is 0 Å². The normalized spacial score (nSPS) is 38.4. The van der Waals surface area contributed by atoms with E-state index in [1.807, 2.05) is 30.3 Å². The van der Waals surface area contributed by atoms with Gasteiger partial charge in [-0.3, -0.25) is 0 Å². The molecule has 0 radical (unpaired) electrons. The third kappa shape index (κ3) is 5.02. The number of esters is 2. The van der Waals surface area contributed by atoms with Crippen LogP contribution in [0.1, 0.15) is 130 Å². The van der Waals surface area contributed by atoms with Crippen molar-refractivity contribution in [3.8, 4) is 0 Å². The van der Waals surface area contributed by atoms with Gasteiger partial charge in [0, 0.05) is 15.3 Å². The fraction of sp³-hybridized carbons (Fsp3) is 0.600. The second-order valence-electron chi connectivity index (χ2n) is 18.2. The van der Waals surface area contributed by atoms with Gasteiger partial charge in [0.2, 0.25) is 0 Å². The van der Waals surface area contributed by atoms with E-state index in [1.54, 1.807) is 12.1 Å². The largest absolute Gasteiger partial charge is 0.465 e. The number of carbonyl (C=O) groups is 2. The van der Waals surface area contributed by atoms with Crippen LogP contribution in [0, 0.1) is 62.5 Å². The Bertz CT molecular complexity index is 1740. The second kappa shape index (κ2) is 12.2. The van der Waals surface area contributed by atoms with Crippen molar-refractivity contribution >= 4 is 17.5 Å². The van der Waals surface area contributed by atoms with Gasteiger partial charge < -0.3 is 9.47 Å². The van der Waals surface area contributed by atoms with Gasteiger partial charge in [0.05, 0.1) is 24.8 Å². The van der Waals surface area contributed by atoms with E-state index in [-0.39, 0.29) is 48.7 Å². The van der Waals surface area contributed by atoms with E-state index in [0.29, 0.717) is 47.3 Å². The van der Waals surface area contributed by atoms with Gasteiger partial charge >= 0.3 is 11.9 Å². The van der Waals surface area contributed by atoms with Crippen LogP contribution in [0.3, 0.4) is 0 Å². The van der Waals surface area contributed by atoms with Gasteiger partial charge in [-0.05, 0) is 146 Å². The predicted octanol–water partition coefficient (Wildman–Crippen LogP) is 11.9. The molecule has 0 amide bonds. The minimum atomic E-state index is -0.518. The molecule has 2 aromatic rings. The van der Waals surface area contributed by atoms with E-state index >= 15 is 4.39 Å². The zero-order valence-electron chi connectivity index (χ0n) is 31.4. The number of methoxy groups -OCH3 is 1. The number of allylic oxidation sites excluding steroid dienone is 3. The lowest BCUT2D eigenvalue weighted by molar-refractivity contribution is -0.228. The van der Waals surface area contributed by atoms with E-state index in [9.17, 15) is 9.59 Å². The Morgan fingerprint density at radius 2 is 1.60 bits per heavy atom. The van der Waals surface area contributed by atoms with Gasteiger partial charge in [-0.25, -0.2) is 14.0 Å². The molecular weight excluding hydrogens is 623 g/mol. The van der Waals surface area contributed by atoms with Crippen LogP contribution in [-0.2, 0) is 9.47 Å². The average Bonchev–Trinajstić information content (AvgIpc) is 3.48. The first-order valence-electron chi connectivity index (χ1n) is 19.1. The Kier molecular flexibility index (Phi) is 8.59. The lowest BCUT2D eigenvalue weighted by atomic mass is 9.32. The summed E-state index contributed by atoms with van der Waals surface area (Å²) >= 11 is 0.